The van der Waals surface area contributed by atoms with E-state index in [-0.39, 0.29) is 6.61 Å². The summed E-state index contributed by atoms with van der Waals surface area (Å²) in [5.74, 6) is 0. The average Bonchev–Trinajstić information content (AvgIpc) is 2.13. The second-order valence-corrected chi connectivity index (χ2v) is 4.87. The van der Waals surface area contributed by atoms with E-state index in [0.29, 0.717) is 6.42 Å². The van der Waals surface area contributed by atoms with Gasteiger partial charge in [0.05, 0.1) is 6.61 Å². The van der Waals surface area contributed by atoms with Gasteiger partial charge in [0, 0.05) is 10.0 Å². The molecule has 1 aromatic rings. The van der Waals surface area contributed by atoms with Crippen molar-refractivity contribution in [2.75, 3.05) is 6.61 Å². The van der Waals surface area contributed by atoms with Crippen molar-refractivity contribution in [3.05, 3.63) is 33.8 Å². The van der Waals surface area contributed by atoms with Crippen molar-refractivity contribution < 1.29 is 5.11 Å². The van der Waals surface area contributed by atoms with Crippen LogP contribution in [0.25, 0.3) is 0 Å². The number of rotatable bonds is 3. The first-order chi connectivity index (χ1) is 6.46. The topological polar surface area (TPSA) is 46.2 Å². The van der Waals surface area contributed by atoms with Crippen LogP contribution in [0.2, 0.25) is 0 Å². The molecule has 3 heteroatoms. The quantitative estimate of drug-likeness (QED) is 0.871. The van der Waals surface area contributed by atoms with Crippen molar-refractivity contribution >= 4 is 15.9 Å². The van der Waals surface area contributed by atoms with Crippen molar-refractivity contribution in [2.45, 2.75) is 25.8 Å². The highest BCUT2D eigenvalue weighted by Gasteiger charge is 2.18. The van der Waals surface area contributed by atoms with Gasteiger partial charge in [0.1, 0.15) is 0 Å². The van der Waals surface area contributed by atoms with Gasteiger partial charge in [0.15, 0.2) is 0 Å². The minimum atomic E-state index is -0.536. The SMILES string of the molecule is Cc1c(Br)cccc1CC(C)(N)CO. The molecule has 0 aliphatic carbocycles. The van der Waals surface area contributed by atoms with E-state index in [2.05, 4.69) is 15.9 Å². The fourth-order valence-electron chi connectivity index (χ4n) is 1.33. The van der Waals surface area contributed by atoms with Gasteiger partial charge in [-0.2, -0.15) is 0 Å². The molecule has 1 aromatic carbocycles. The van der Waals surface area contributed by atoms with Crippen LogP contribution >= 0.6 is 15.9 Å². The molecule has 0 aliphatic rings. The van der Waals surface area contributed by atoms with Crippen molar-refractivity contribution in [3.8, 4) is 0 Å². The first kappa shape index (κ1) is 11.7. The predicted octanol–water partition coefficient (Wildman–Crippen LogP) is 2.01. The van der Waals surface area contributed by atoms with E-state index in [4.69, 9.17) is 10.8 Å². The maximum absolute atomic E-state index is 9.08. The summed E-state index contributed by atoms with van der Waals surface area (Å²) in [5, 5.41) is 9.08. The van der Waals surface area contributed by atoms with Gasteiger partial charge in [-0.25, -0.2) is 0 Å². The third-order valence-electron chi connectivity index (χ3n) is 2.34. The summed E-state index contributed by atoms with van der Waals surface area (Å²) in [6.07, 6.45) is 0.689. The van der Waals surface area contributed by atoms with E-state index in [1.165, 1.54) is 11.1 Å². The summed E-state index contributed by atoms with van der Waals surface area (Å²) in [6, 6.07) is 6.03. The molecular formula is C11H16BrNO. The monoisotopic (exact) mass is 257 g/mol. The highest BCUT2D eigenvalue weighted by Crippen LogP contribution is 2.22. The lowest BCUT2D eigenvalue weighted by molar-refractivity contribution is 0.208. The van der Waals surface area contributed by atoms with Crippen molar-refractivity contribution in [1.82, 2.24) is 0 Å². The standard InChI is InChI=1S/C11H16BrNO/c1-8-9(4-3-5-10(8)12)6-11(2,13)7-14/h3-5,14H,6-7,13H2,1-2H3. The number of hydrogen-bond acceptors (Lipinski definition) is 2. The van der Waals surface area contributed by atoms with Crippen LogP contribution in [-0.2, 0) is 6.42 Å². The summed E-state index contributed by atoms with van der Waals surface area (Å²) in [7, 11) is 0. The fraction of sp³-hybridized carbons (Fsp3) is 0.455. The Hall–Kier alpha value is -0.380. The Morgan fingerprint density at radius 1 is 1.50 bits per heavy atom. The normalized spacial score (nSPS) is 15.2. The van der Waals surface area contributed by atoms with E-state index >= 15 is 0 Å². The molecular weight excluding hydrogens is 242 g/mol. The molecule has 0 amide bonds. The molecule has 0 fully saturated rings. The Morgan fingerprint density at radius 3 is 2.71 bits per heavy atom. The highest BCUT2D eigenvalue weighted by molar-refractivity contribution is 9.10. The molecule has 0 aromatic heterocycles. The lowest BCUT2D eigenvalue weighted by Gasteiger charge is -2.22. The van der Waals surface area contributed by atoms with Crippen LogP contribution in [0.5, 0.6) is 0 Å². The lowest BCUT2D eigenvalue weighted by atomic mass is 9.92. The molecule has 0 spiro atoms. The molecule has 0 saturated carbocycles. The fourth-order valence-corrected chi connectivity index (χ4v) is 1.74. The number of benzene rings is 1. The van der Waals surface area contributed by atoms with Crippen molar-refractivity contribution in [3.63, 3.8) is 0 Å². The van der Waals surface area contributed by atoms with Crippen LogP contribution in [0.1, 0.15) is 18.1 Å². The van der Waals surface area contributed by atoms with Crippen LogP contribution in [0.15, 0.2) is 22.7 Å². The molecule has 14 heavy (non-hydrogen) atoms. The molecule has 1 unspecified atom stereocenters. The van der Waals surface area contributed by atoms with Gasteiger partial charge in [-0.15, -0.1) is 0 Å². The summed E-state index contributed by atoms with van der Waals surface area (Å²) < 4.78 is 1.09. The van der Waals surface area contributed by atoms with Crippen molar-refractivity contribution in [2.24, 2.45) is 5.73 Å². The molecule has 3 N–H and O–H groups in total. The molecule has 2 nitrogen and oxygen atoms in total. The van der Waals surface area contributed by atoms with Gasteiger partial charge in [-0.3, -0.25) is 0 Å². The number of hydrogen-bond donors (Lipinski definition) is 2. The number of aliphatic hydroxyl groups excluding tert-OH is 1. The van der Waals surface area contributed by atoms with Crippen LogP contribution < -0.4 is 5.73 Å². The van der Waals surface area contributed by atoms with Crippen LogP contribution in [0.3, 0.4) is 0 Å². The minimum absolute atomic E-state index is 0.00104. The zero-order valence-electron chi connectivity index (χ0n) is 8.55. The third kappa shape index (κ3) is 2.80. The molecule has 0 bridgehead atoms. The van der Waals surface area contributed by atoms with E-state index in [0.717, 1.165) is 4.47 Å². The minimum Gasteiger partial charge on any atom is -0.394 e. The third-order valence-corrected chi connectivity index (χ3v) is 3.19. The molecule has 1 rings (SSSR count). The summed E-state index contributed by atoms with van der Waals surface area (Å²) in [5.41, 5.74) is 7.74. The second kappa shape index (κ2) is 4.43. The number of nitrogens with two attached hydrogens (primary N) is 1. The van der Waals surface area contributed by atoms with E-state index < -0.39 is 5.54 Å². The lowest BCUT2D eigenvalue weighted by Crippen LogP contribution is -2.42. The van der Waals surface area contributed by atoms with Gasteiger partial charge in [-0.05, 0) is 37.5 Å². The van der Waals surface area contributed by atoms with Gasteiger partial charge in [-0.1, -0.05) is 28.1 Å². The molecule has 0 radical (unpaired) electrons. The van der Waals surface area contributed by atoms with Crippen molar-refractivity contribution in [1.29, 1.82) is 0 Å². The largest absolute Gasteiger partial charge is 0.394 e. The summed E-state index contributed by atoms with van der Waals surface area (Å²) >= 11 is 3.47. The first-order valence-corrected chi connectivity index (χ1v) is 5.39. The Kier molecular flexibility index (Phi) is 3.70. The Balaban J connectivity index is 2.92. The Bertz CT molecular complexity index is 323. The molecule has 0 saturated heterocycles. The number of halogens is 1. The highest BCUT2D eigenvalue weighted by atomic mass is 79.9. The first-order valence-electron chi connectivity index (χ1n) is 4.60. The smallest absolute Gasteiger partial charge is 0.0611 e. The molecule has 78 valence electrons. The van der Waals surface area contributed by atoms with E-state index in [9.17, 15) is 0 Å². The van der Waals surface area contributed by atoms with Crippen LogP contribution in [0, 0.1) is 6.92 Å². The predicted molar refractivity (Wildman–Crippen MR) is 62.3 cm³/mol. The van der Waals surface area contributed by atoms with Gasteiger partial charge >= 0.3 is 0 Å². The van der Waals surface area contributed by atoms with Crippen LogP contribution in [-0.4, -0.2) is 17.3 Å². The van der Waals surface area contributed by atoms with Gasteiger partial charge < -0.3 is 10.8 Å². The second-order valence-electron chi connectivity index (χ2n) is 4.01. The van der Waals surface area contributed by atoms with Gasteiger partial charge in [0.2, 0.25) is 0 Å². The zero-order chi connectivity index (χ0) is 10.8. The average molecular weight is 258 g/mol. The Morgan fingerprint density at radius 2 is 2.14 bits per heavy atom. The summed E-state index contributed by atoms with van der Waals surface area (Å²) in [6.45, 7) is 3.90. The zero-order valence-corrected chi connectivity index (χ0v) is 10.1. The maximum atomic E-state index is 9.08. The van der Waals surface area contributed by atoms with Crippen LogP contribution in [0.4, 0.5) is 0 Å². The number of aliphatic hydroxyl groups is 1. The van der Waals surface area contributed by atoms with E-state index in [1.54, 1.807) is 0 Å². The molecule has 0 aliphatic heterocycles. The van der Waals surface area contributed by atoms with Gasteiger partial charge in [0.25, 0.3) is 0 Å². The van der Waals surface area contributed by atoms with E-state index in [1.807, 2.05) is 32.0 Å². The molecule has 1 atom stereocenters. The summed E-state index contributed by atoms with van der Waals surface area (Å²) in [4.78, 5) is 0. The molecule has 0 heterocycles. The Labute approximate surface area is 93.3 Å². The maximum Gasteiger partial charge on any atom is 0.0611 e.